The molecule has 0 aromatic heterocycles. The number of esters is 1. The van der Waals surface area contributed by atoms with E-state index in [2.05, 4.69) is 17.9 Å². The number of ether oxygens (including phenoxy) is 1. The van der Waals surface area contributed by atoms with Crippen LogP contribution < -0.4 is 0 Å². The fourth-order valence-electron chi connectivity index (χ4n) is 0.568. The van der Waals surface area contributed by atoms with Gasteiger partial charge in [-0.05, 0) is 19.4 Å². The Morgan fingerprint density at radius 1 is 1.33 bits per heavy atom. The molecule has 0 saturated heterocycles. The molecular weight excluding hydrogens is 156 g/mol. The van der Waals surface area contributed by atoms with Crippen molar-refractivity contribution < 1.29 is 14.3 Å². The zero-order valence-corrected chi connectivity index (χ0v) is 7.35. The van der Waals surface area contributed by atoms with Gasteiger partial charge in [0.15, 0.2) is 5.78 Å². The summed E-state index contributed by atoms with van der Waals surface area (Å²) in [6.07, 6.45) is 0. The predicted molar refractivity (Wildman–Crippen MR) is 45.6 cm³/mol. The Balaban J connectivity index is 4.30. The van der Waals surface area contributed by atoms with Crippen molar-refractivity contribution >= 4 is 11.8 Å². The highest BCUT2D eigenvalue weighted by Gasteiger charge is 2.16. The van der Waals surface area contributed by atoms with Gasteiger partial charge in [0.1, 0.15) is 0 Å². The monoisotopic (exact) mass is 168 g/mol. The van der Waals surface area contributed by atoms with Gasteiger partial charge in [0.25, 0.3) is 0 Å². The lowest BCUT2D eigenvalue weighted by atomic mass is 10.1. The smallest absolute Gasteiger partial charge is 0.341 e. The van der Waals surface area contributed by atoms with Gasteiger partial charge in [0, 0.05) is 0 Å². The van der Waals surface area contributed by atoms with Crippen molar-refractivity contribution in [2.45, 2.75) is 13.8 Å². The molecule has 0 bridgehead atoms. The van der Waals surface area contributed by atoms with Gasteiger partial charge in [-0.3, -0.25) is 4.79 Å². The van der Waals surface area contributed by atoms with Gasteiger partial charge in [-0.25, -0.2) is 4.79 Å². The summed E-state index contributed by atoms with van der Waals surface area (Å²) in [6.45, 7) is 10.1. The Morgan fingerprint density at radius 3 is 2.17 bits per heavy atom. The highest BCUT2D eigenvalue weighted by atomic mass is 16.5. The second-order valence-corrected chi connectivity index (χ2v) is 2.31. The molecule has 0 amide bonds. The third kappa shape index (κ3) is 2.70. The molecule has 0 aromatic rings. The Morgan fingerprint density at radius 2 is 1.83 bits per heavy atom. The zero-order chi connectivity index (χ0) is 9.72. The molecule has 0 aliphatic heterocycles. The van der Waals surface area contributed by atoms with E-state index in [-0.39, 0.29) is 17.8 Å². The highest BCUT2D eigenvalue weighted by Crippen LogP contribution is 2.03. The van der Waals surface area contributed by atoms with Crippen LogP contribution in [-0.2, 0) is 14.3 Å². The average Bonchev–Trinajstić information content (AvgIpc) is 2.02. The van der Waals surface area contributed by atoms with E-state index in [9.17, 15) is 9.59 Å². The number of carbonyl (C=O) groups excluding carboxylic acids is 2. The zero-order valence-electron chi connectivity index (χ0n) is 7.35. The van der Waals surface area contributed by atoms with Crippen LogP contribution in [0.25, 0.3) is 0 Å². The second-order valence-electron chi connectivity index (χ2n) is 2.31. The van der Waals surface area contributed by atoms with E-state index < -0.39 is 11.8 Å². The maximum absolute atomic E-state index is 11.1. The standard InChI is InChI=1S/C9H12O3/c1-5-12-9(11)7(4)8(10)6(2)3/h2,4-5H2,1,3H3. The Kier molecular flexibility index (Phi) is 3.97. The van der Waals surface area contributed by atoms with Crippen molar-refractivity contribution in [2.75, 3.05) is 6.61 Å². The molecule has 0 saturated carbocycles. The molecule has 0 unspecified atom stereocenters. The van der Waals surface area contributed by atoms with E-state index in [1.165, 1.54) is 6.92 Å². The molecule has 0 radical (unpaired) electrons. The first-order valence-corrected chi connectivity index (χ1v) is 3.57. The molecule has 3 nitrogen and oxygen atoms in total. The third-order valence-electron chi connectivity index (χ3n) is 1.18. The largest absolute Gasteiger partial charge is 0.462 e. The highest BCUT2D eigenvalue weighted by molar-refractivity contribution is 6.23. The minimum absolute atomic E-state index is 0.163. The summed E-state index contributed by atoms with van der Waals surface area (Å²) in [5.74, 6) is -1.13. The first-order chi connectivity index (χ1) is 5.50. The minimum Gasteiger partial charge on any atom is -0.462 e. The van der Waals surface area contributed by atoms with E-state index in [0.717, 1.165) is 0 Å². The number of allylic oxidation sites excluding steroid dienone is 1. The van der Waals surface area contributed by atoms with Crippen molar-refractivity contribution in [1.29, 1.82) is 0 Å². The number of carbonyl (C=O) groups is 2. The van der Waals surface area contributed by atoms with Gasteiger partial charge in [-0.1, -0.05) is 13.2 Å². The molecule has 0 aromatic carbocycles. The van der Waals surface area contributed by atoms with Crippen LogP contribution in [0.2, 0.25) is 0 Å². The Hall–Kier alpha value is -1.38. The molecule has 0 spiro atoms. The van der Waals surface area contributed by atoms with E-state index in [0.29, 0.717) is 0 Å². The summed E-state index contributed by atoms with van der Waals surface area (Å²) in [4.78, 5) is 22.0. The van der Waals surface area contributed by atoms with Crippen LogP contribution in [0.3, 0.4) is 0 Å². The van der Waals surface area contributed by atoms with Crippen molar-refractivity contribution in [3.8, 4) is 0 Å². The molecule has 3 heteroatoms. The van der Waals surface area contributed by atoms with Gasteiger partial charge >= 0.3 is 5.97 Å². The Labute approximate surface area is 71.7 Å². The summed E-state index contributed by atoms with van der Waals surface area (Å²) in [7, 11) is 0. The molecule has 0 heterocycles. The molecule has 12 heavy (non-hydrogen) atoms. The molecule has 0 aliphatic rings. The molecule has 66 valence electrons. The number of hydrogen-bond donors (Lipinski definition) is 0. The lowest BCUT2D eigenvalue weighted by Gasteiger charge is -2.02. The number of ketones is 1. The number of rotatable bonds is 4. The van der Waals surface area contributed by atoms with Gasteiger partial charge in [-0.2, -0.15) is 0 Å². The molecule has 0 N–H and O–H groups in total. The third-order valence-corrected chi connectivity index (χ3v) is 1.18. The van der Waals surface area contributed by atoms with Crippen molar-refractivity contribution in [3.63, 3.8) is 0 Å². The lowest BCUT2D eigenvalue weighted by molar-refractivity contribution is -0.139. The summed E-state index contributed by atoms with van der Waals surface area (Å²) >= 11 is 0. The summed E-state index contributed by atoms with van der Waals surface area (Å²) in [5.41, 5.74) is 0.123. The Bertz CT molecular complexity index is 238. The van der Waals surface area contributed by atoms with Gasteiger partial charge in [0.05, 0.1) is 12.2 Å². The van der Waals surface area contributed by atoms with Crippen molar-refractivity contribution in [1.82, 2.24) is 0 Å². The summed E-state index contributed by atoms with van der Waals surface area (Å²) in [6, 6.07) is 0. The fraction of sp³-hybridized carbons (Fsp3) is 0.333. The molecular formula is C9H12O3. The van der Waals surface area contributed by atoms with Gasteiger partial charge in [0.2, 0.25) is 0 Å². The van der Waals surface area contributed by atoms with E-state index in [1.807, 2.05) is 0 Å². The van der Waals surface area contributed by atoms with Crippen LogP contribution in [0, 0.1) is 0 Å². The molecule has 0 atom stereocenters. The topological polar surface area (TPSA) is 43.4 Å². The van der Waals surface area contributed by atoms with Crippen LogP contribution in [0.15, 0.2) is 24.3 Å². The summed E-state index contributed by atoms with van der Waals surface area (Å²) in [5, 5.41) is 0. The molecule has 0 aliphatic carbocycles. The lowest BCUT2D eigenvalue weighted by Crippen LogP contribution is -2.15. The predicted octanol–water partition coefficient (Wildman–Crippen LogP) is 1.25. The molecule has 0 rings (SSSR count). The van der Waals surface area contributed by atoms with Crippen LogP contribution in [0.1, 0.15) is 13.8 Å². The van der Waals surface area contributed by atoms with Crippen molar-refractivity contribution in [2.24, 2.45) is 0 Å². The fourth-order valence-corrected chi connectivity index (χ4v) is 0.568. The SMILES string of the molecule is C=C(C)C(=O)C(=C)C(=O)OCC. The first-order valence-electron chi connectivity index (χ1n) is 3.57. The number of hydrogen-bond acceptors (Lipinski definition) is 3. The average molecular weight is 168 g/mol. The maximum atomic E-state index is 11.1. The van der Waals surface area contributed by atoms with Crippen LogP contribution >= 0.6 is 0 Å². The maximum Gasteiger partial charge on any atom is 0.341 e. The van der Waals surface area contributed by atoms with E-state index in [4.69, 9.17) is 0 Å². The van der Waals surface area contributed by atoms with Crippen LogP contribution in [-0.4, -0.2) is 18.4 Å². The van der Waals surface area contributed by atoms with Gasteiger partial charge in [-0.15, -0.1) is 0 Å². The number of Topliss-reactive ketones (excluding diaryl/α,β-unsaturated/α-hetero) is 1. The van der Waals surface area contributed by atoms with E-state index >= 15 is 0 Å². The second kappa shape index (κ2) is 4.49. The first kappa shape index (κ1) is 10.6. The minimum atomic E-state index is -0.675. The molecule has 0 fully saturated rings. The quantitative estimate of drug-likeness (QED) is 0.274. The van der Waals surface area contributed by atoms with Crippen molar-refractivity contribution in [3.05, 3.63) is 24.3 Å². The normalized spacial score (nSPS) is 8.83. The van der Waals surface area contributed by atoms with Crippen LogP contribution in [0.5, 0.6) is 0 Å². The van der Waals surface area contributed by atoms with Crippen LogP contribution in [0.4, 0.5) is 0 Å². The van der Waals surface area contributed by atoms with E-state index in [1.54, 1.807) is 6.92 Å². The van der Waals surface area contributed by atoms with Gasteiger partial charge < -0.3 is 4.74 Å². The summed E-state index contributed by atoms with van der Waals surface area (Å²) < 4.78 is 4.57.